The molecule has 2 heterocycles. The molecule has 4 heteroatoms. The molecule has 0 bridgehead atoms. The van der Waals surface area contributed by atoms with E-state index in [4.69, 9.17) is 4.74 Å². The third kappa shape index (κ3) is 3.50. The molecule has 0 atom stereocenters. The number of piperidine rings is 1. The Morgan fingerprint density at radius 2 is 1.95 bits per heavy atom. The third-order valence-corrected chi connectivity index (χ3v) is 4.47. The van der Waals surface area contributed by atoms with Crippen LogP contribution in [-0.2, 0) is 0 Å². The largest absolute Gasteiger partial charge is 0.490 e. The van der Waals surface area contributed by atoms with Crippen LogP contribution in [0, 0.1) is 5.92 Å². The zero-order valence-electron chi connectivity index (χ0n) is 11.7. The second-order valence-electron chi connectivity index (χ2n) is 5.95. The summed E-state index contributed by atoms with van der Waals surface area (Å²) >= 11 is 0. The van der Waals surface area contributed by atoms with Crippen LogP contribution in [-0.4, -0.2) is 29.5 Å². The van der Waals surface area contributed by atoms with Crippen molar-refractivity contribution in [3.63, 3.8) is 0 Å². The van der Waals surface area contributed by atoms with E-state index in [9.17, 15) is 0 Å². The highest BCUT2D eigenvalue weighted by Crippen LogP contribution is 2.28. The second kappa shape index (κ2) is 6.42. The summed E-state index contributed by atoms with van der Waals surface area (Å²) in [5.74, 6) is 1.66. The van der Waals surface area contributed by atoms with Gasteiger partial charge in [-0.3, -0.25) is 4.68 Å². The quantitative estimate of drug-likeness (QED) is 0.908. The molecule has 0 radical (unpaired) electrons. The normalized spacial score (nSPS) is 22.5. The number of nitrogens with one attached hydrogen (secondary N) is 1. The third-order valence-electron chi connectivity index (χ3n) is 4.47. The molecular formula is C15H25N3O. The molecule has 0 unspecified atom stereocenters. The lowest BCUT2D eigenvalue weighted by atomic mass is 9.96. The van der Waals surface area contributed by atoms with Crippen molar-refractivity contribution in [1.29, 1.82) is 0 Å². The first-order valence-corrected chi connectivity index (χ1v) is 7.79. The van der Waals surface area contributed by atoms with Crippen molar-refractivity contribution in [2.75, 3.05) is 19.7 Å². The van der Waals surface area contributed by atoms with Gasteiger partial charge in [0.25, 0.3) is 0 Å². The van der Waals surface area contributed by atoms with Gasteiger partial charge >= 0.3 is 0 Å². The molecule has 2 aliphatic rings. The van der Waals surface area contributed by atoms with E-state index in [2.05, 4.69) is 21.3 Å². The first kappa shape index (κ1) is 13.0. The van der Waals surface area contributed by atoms with E-state index >= 15 is 0 Å². The van der Waals surface area contributed by atoms with Crippen LogP contribution in [0.1, 0.15) is 51.0 Å². The first-order valence-electron chi connectivity index (χ1n) is 7.79. The van der Waals surface area contributed by atoms with Crippen molar-refractivity contribution in [3.05, 3.63) is 12.4 Å². The van der Waals surface area contributed by atoms with Gasteiger partial charge in [-0.1, -0.05) is 19.3 Å². The lowest BCUT2D eigenvalue weighted by Crippen LogP contribution is -2.30. The smallest absolute Gasteiger partial charge is 0.157 e. The number of aromatic nitrogens is 2. The molecular weight excluding hydrogens is 238 g/mol. The Morgan fingerprint density at radius 1 is 1.16 bits per heavy atom. The Morgan fingerprint density at radius 3 is 2.74 bits per heavy atom. The van der Waals surface area contributed by atoms with Crippen molar-refractivity contribution in [2.45, 2.75) is 51.0 Å². The molecule has 1 saturated heterocycles. The molecule has 106 valence electrons. The Balaban J connectivity index is 1.49. The first-order chi connectivity index (χ1) is 9.42. The van der Waals surface area contributed by atoms with Gasteiger partial charge in [-0.2, -0.15) is 5.10 Å². The van der Waals surface area contributed by atoms with Crippen molar-refractivity contribution < 1.29 is 4.74 Å². The summed E-state index contributed by atoms with van der Waals surface area (Å²) in [7, 11) is 0. The molecule has 0 spiro atoms. The summed E-state index contributed by atoms with van der Waals surface area (Å²) in [6.07, 6.45) is 13.1. The van der Waals surface area contributed by atoms with Crippen LogP contribution in [0.3, 0.4) is 0 Å². The van der Waals surface area contributed by atoms with Crippen LogP contribution in [0.15, 0.2) is 12.4 Å². The van der Waals surface area contributed by atoms with Gasteiger partial charge in [0.05, 0.1) is 25.0 Å². The second-order valence-corrected chi connectivity index (χ2v) is 5.95. The highest BCUT2D eigenvalue weighted by molar-refractivity contribution is 5.12. The Labute approximate surface area is 115 Å². The van der Waals surface area contributed by atoms with E-state index < -0.39 is 0 Å². The minimum Gasteiger partial charge on any atom is -0.490 e. The number of hydrogen-bond donors (Lipinski definition) is 1. The summed E-state index contributed by atoms with van der Waals surface area (Å²) in [5, 5.41) is 7.87. The van der Waals surface area contributed by atoms with Crippen LogP contribution in [0.25, 0.3) is 0 Å². The predicted molar refractivity (Wildman–Crippen MR) is 75.4 cm³/mol. The Bertz CT molecular complexity index is 378. The van der Waals surface area contributed by atoms with Crippen LogP contribution in [0.2, 0.25) is 0 Å². The maximum Gasteiger partial charge on any atom is 0.157 e. The lowest BCUT2D eigenvalue weighted by molar-refractivity contribution is 0.214. The molecule has 2 fully saturated rings. The average Bonchev–Trinajstić information content (AvgIpc) is 2.96. The van der Waals surface area contributed by atoms with E-state index in [-0.39, 0.29) is 0 Å². The molecule has 1 N–H and O–H groups in total. The Kier molecular flexibility index (Phi) is 4.38. The maximum atomic E-state index is 5.91. The van der Waals surface area contributed by atoms with Gasteiger partial charge < -0.3 is 10.1 Å². The van der Waals surface area contributed by atoms with E-state index in [0.29, 0.717) is 12.0 Å². The van der Waals surface area contributed by atoms with Crippen molar-refractivity contribution in [1.82, 2.24) is 15.1 Å². The highest BCUT2D eigenvalue weighted by Gasteiger charge is 2.17. The van der Waals surface area contributed by atoms with Crippen molar-refractivity contribution >= 4 is 0 Å². The molecule has 19 heavy (non-hydrogen) atoms. The molecule has 1 aromatic heterocycles. The average molecular weight is 263 g/mol. The monoisotopic (exact) mass is 263 g/mol. The van der Waals surface area contributed by atoms with Crippen molar-refractivity contribution in [2.24, 2.45) is 5.92 Å². The highest BCUT2D eigenvalue weighted by atomic mass is 16.5. The van der Waals surface area contributed by atoms with Gasteiger partial charge in [0.1, 0.15) is 0 Å². The van der Waals surface area contributed by atoms with Crippen molar-refractivity contribution in [3.8, 4) is 5.75 Å². The fraction of sp³-hybridized carbons (Fsp3) is 0.800. The topological polar surface area (TPSA) is 39.1 Å². The van der Waals surface area contributed by atoms with Crippen LogP contribution < -0.4 is 10.1 Å². The molecule has 1 aromatic rings. The van der Waals surface area contributed by atoms with Gasteiger partial charge in [0.2, 0.25) is 0 Å². The van der Waals surface area contributed by atoms with Gasteiger partial charge in [0, 0.05) is 0 Å². The number of ether oxygens (including phenoxy) is 1. The van der Waals surface area contributed by atoms with E-state index in [0.717, 1.165) is 25.4 Å². The number of nitrogens with zero attached hydrogens (tertiary/aromatic N) is 2. The molecule has 3 rings (SSSR count). The minimum absolute atomic E-state index is 0.602. The SMILES string of the molecule is c1nn(C2CCCCC2)cc1OCC1CCNCC1. The molecule has 1 saturated carbocycles. The van der Waals surface area contributed by atoms with Crippen LogP contribution in [0.5, 0.6) is 5.75 Å². The minimum atomic E-state index is 0.602. The molecule has 0 amide bonds. The Hall–Kier alpha value is -1.03. The fourth-order valence-corrected chi connectivity index (χ4v) is 3.20. The van der Waals surface area contributed by atoms with Gasteiger partial charge in [-0.25, -0.2) is 0 Å². The standard InChI is InChI=1S/C15H25N3O/c1-2-4-14(5-3-1)18-11-15(10-17-18)19-12-13-6-8-16-9-7-13/h10-11,13-14,16H,1-9,12H2. The van der Waals surface area contributed by atoms with E-state index in [1.165, 1.54) is 44.9 Å². The molecule has 0 aromatic carbocycles. The number of rotatable bonds is 4. The lowest BCUT2D eigenvalue weighted by Gasteiger charge is -2.22. The summed E-state index contributed by atoms with van der Waals surface area (Å²) in [4.78, 5) is 0. The molecule has 4 nitrogen and oxygen atoms in total. The van der Waals surface area contributed by atoms with E-state index in [1.807, 2.05) is 6.20 Å². The predicted octanol–water partition coefficient (Wildman–Crippen LogP) is 2.77. The van der Waals surface area contributed by atoms with Gasteiger partial charge in [-0.05, 0) is 44.7 Å². The zero-order valence-corrected chi connectivity index (χ0v) is 11.7. The molecule has 1 aliphatic heterocycles. The van der Waals surface area contributed by atoms with Crippen LogP contribution in [0.4, 0.5) is 0 Å². The van der Waals surface area contributed by atoms with Crippen LogP contribution >= 0.6 is 0 Å². The number of hydrogen-bond acceptors (Lipinski definition) is 3. The zero-order chi connectivity index (χ0) is 12.9. The molecule has 1 aliphatic carbocycles. The summed E-state index contributed by atoms with van der Waals surface area (Å²) in [5.41, 5.74) is 0. The summed E-state index contributed by atoms with van der Waals surface area (Å²) in [6.45, 7) is 3.11. The van der Waals surface area contributed by atoms with E-state index in [1.54, 1.807) is 0 Å². The fourth-order valence-electron chi connectivity index (χ4n) is 3.20. The summed E-state index contributed by atoms with van der Waals surface area (Å²) in [6, 6.07) is 0.602. The van der Waals surface area contributed by atoms with Gasteiger partial charge in [0.15, 0.2) is 5.75 Å². The summed E-state index contributed by atoms with van der Waals surface area (Å²) < 4.78 is 8.03. The van der Waals surface area contributed by atoms with Gasteiger partial charge in [-0.15, -0.1) is 0 Å². The maximum absolute atomic E-state index is 5.91.